The summed E-state index contributed by atoms with van der Waals surface area (Å²) in [5, 5.41) is 37.5. The van der Waals surface area contributed by atoms with E-state index in [2.05, 4.69) is 0 Å². The Labute approximate surface area is 274 Å². The summed E-state index contributed by atoms with van der Waals surface area (Å²) in [6.45, 7) is 28.5. The van der Waals surface area contributed by atoms with Gasteiger partial charge < -0.3 is 71.0 Å². The van der Waals surface area contributed by atoms with Gasteiger partial charge in [-0.2, -0.15) is 0 Å². The van der Waals surface area contributed by atoms with Gasteiger partial charge in [0.05, 0.1) is 0 Å². The molecule has 0 spiro atoms. The van der Waals surface area contributed by atoms with Crippen LogP contribution >= 0.6 is 0 Å². The molecule has 0 rings (SSSR count). The van der Waals surface area contributed by atoms with Crippen LogP contribution in [0.15, 0.2) is 0 Å². The van der Waals surface area contributed by atoms with E-state index in [1.807, 2.05) is 0 Å². The van der Waals surface area contributed by atoms with Crippen LogP contribution < -0.4 is 178 Å². The summed E-state index contributed by atoms with van der Waals surface area (Å²) in [4.78, 5) is 0. The number of nitrogens with zero attached hydrogens (tertiary/aromatic N) is 6. The van der Waals surface area contributed by atoms with Crippen molar-refractivity contribution in [2.24, 2.45) is 0 Å². The van der Waals surface area contributed by atoms with Crippen molar-refractivity contribution in [3.05, 3.63) is 39.4 Å². The maximum atomic E-state index is 6.25. The van der Waals surface area contributed by atoms with Gasteiger partial charge >= 0.3 is 212 Å². The minimum absolute atomic E-state index is 0. The molecule has 0 aromatic carbocycles. The van der Waals surface area contributed by atoms with E-state index in [0.717, 1.165) is 0 Å². The Balaban J connectivity index is -0.00000000267. The van der Waals surface area contributed by atoms with Crippen LogP contribution in [-0.4, -0.2) is 0 Å². The van der Waals surface area contributed by atoms with Crippen molar-refractivity contribution in [2.45, 2.75) is 0 Å². The zero-order valence-electron chi connectivity index (χ0n) is 9.37. The molecule has 0 aromatic rings. The van der Waals surface area contributed by atoms with Crippen molar-refractivity contribution in [3.63, 3.8) is 0 Å². The van der Waals surface area contributed by atoms with Gasteiger partial charge in [-0.25, -0.2) is 0 Å². The van der Waals surface area contributed by atoms with Gasteiger partial charge in [0, 0.05) is 0 Å². The van der Waals surface area contributed by atoms with E-state index in [-0.39, 0.29) is 212 Å². The molecule has 0 bridgehead atoms. The molecule has 0 atom stereocenters. The van der Waals surface area contributed by atoms with E-state index >= 15 is 0 Å². The summed E-state index contributed by atoms with van der Waals surface area (Å²) < 4.78 is 0. The van der Waals surface area contributed by atoms with Gasteiger partial charge in [-0.15, -0.1) is 0 Å². The zero-order chi connectivity index (χ0) is 12.0. The van der Waals surface area contributed by atoms with Crippen LogP contribution in [0.1, 0.15) is 0 Å². The third-order valence-corrected chi connectivity index (χ3v) is 0. The number of hydrogen-bond acceptors (Lipinski definition) is 6. The Morgan fingerprint density at radius 3 is 0.471 bits per heavy atom. The molecule has 0 fully saturated rings. The Morgan fingerprint density at radius 1 is 0.471 bits per heavy atom. The summed E-state index contributed by atoms with van der Waals surface area (Å²) >= 11 is 0. The predicted molar refractivity (Wildman–Crippen MR) is 29.8 cm³/mol. The maximum absolute atomic E-state index is 6.25. The van der Waals surface area contributed by atoms with E-state index < -0.39 is 0 Å². The van der Waals surface area contributed by atoms with Gasteiger partial charge in [0.1, 0.15) is 0 Å². The van der Waals surface area contributed by atoms with Crippen molar-refractivity contribution in [3.8, 4) is 0 Å². The molecule has 73 valence electrons. The van der Waals surface area contributed by atoms with Gasteiger partial charge in [0.15, 0.2) is 0 Å². The first-order valence-electron chi connectivity index (χ1n) is 1.34. The molecule has 0 aromatic heterocycles. The maximum Gasteiger partial charge on any atom is 2.00 e. The first-order valence-corrected chi connectivity index (χ1v) is 1.34. The molecule has 0 aliphatic carbocycles. The Morgan fingerprint density at radius 2 is 0.471 bits per heavy atom. The van der Waals surface area contributed by atoms with E-state index in [4.69, 9.17) is 71.0 Å². The number of rotatable bonds is 0. The fourth-order valence-electron chi connectivity index (χ4n) is 0. The second-order valence-electron chi connectivity index (χ2n) is 0. The molecule has 6 nitrogen and oxygen atoms in total. The van der Waals surface area contributed by atoms with Crippen LogP contribution in [0.3, 0.4) is 0 Å². The first kappa shape index (κ1) is 86.6. The third-order valence-electron chi connectivity index (χ3n) is 0. The topological polar surface area (TPSA) is 143 Å². The molecule has 0 unspecified atom stereocenters. The molecule has 17 heavy (non-hydrogen) atoms. The van der Waals surface area contributed by atoms with E-state index in [0.29, 0.717) is 0 Å². The van der Waals surface area contributed by atoms with E-state index in [9.17, 15) is 0 Å². The quantitative estimate of drug-likeness (QED) is 0.226. The van der Waals surface area contributed by atoms with Gasteiger partial charge in [0.25, 0.3) is 0 Å². The van der Waals surface area contributed by atoms with Crippen LogP contribution in [-0.2, 0) is 33.8 Å². The number of hydrogen-bond donors (Lipinski definition) is 0. The molecular weight excluding hydrogens is 528 g/mol. The van der Waals surface area contributed by atoms with Crippen molar-refractivity contribution >= 4 is 0 Å². The van der Waals surface area contributed by atoms with Gasteiger partial charge in [0.2, 0.25) is 0 Å². The van der Waals surface area contributed by atoms with Crippen LogP contribution in [0.4, 0.5) is 0 Å². The molecule has 1 radical (unpaired) electrons. The van der Waals surface area contributed by atoms with Crippen LogP contribution in [0.5, 0.6) is 0 Å². The molecule has 0 saturated heterocycles. The van der Waals surface area contributed by atoms with Crippen molar-refractivity contribution in [1.29, 1.82) is 31.6 Å². The molecule has 0 heterocycles. The molecular formula is C6CoCsFeKN6Rb+. The average molecular weight is 528 g/mol. The normalized spacial score (nSPS) is 0.706. The van der Waals surface area contributed by atoms with Crippen molar-refractivity contribution in [1.82, 2.24) is 0 Å². The minimum Gasteiger partial charge on any atom is -0.512 e. The van der Waals surface area contributed by atoms with Crippen LogP contribution in [0.25, 0.3) is 0 Å². The average Bonchev–Trinajstić information content (AvgIpc) is 2.33. The molecule has 0 saturated carbocycles. The van der Waals surface area contributed by atoms with Gasteiger partial charge in [-0.3, -0.25) is 0 Å². The second kappa shape index (κ2) is 554. The van der Waals surface area contributed by atoms with Crippen molar-refractivity contribution in [2.75, 3.05) is 0 Å². The first-order chi connectivity index (χ1) is 6.00. The molecule has 0 aliphatic heterocycles. The smallest absolute Gasteiger partial charge is 0.512 e. The Hall–Kier alpha value is 3.46. The summed E-state index contributed by atoms with van der Waals surface area (Å²) in [5.74, 6) is 0. The summed E-state index contributed by atoms with van der Waals surface area (Å²) in [7, 11) is 0. The molecule has 11 heteroatoms. The fourth-order valence-corrected chi connectivity index (χ4v) is 0. The molecule has 0 N–H and O–H groups in total. The second-order valence-corrected chi connectivity index (χ2v) is 0. The standard InChI is InChI=1S/6CN.Co.Cs.Fe.K.Rb/c6*1-2;;;;;/q6*-1;+2;+1;+2;2*+1. The minimum atomic E-state index is 0. The van der Waals surface area contributed by atoms with E-state index in [1.165, 1.54) is 0 Å². The van der Waals surface area contributed by atoms with Gasteiger partial charge in [-0.05, 0) is 0 Å². The Bertz CT molecular complexity index is 114. The van der Waals surface area contributed by atoms with Crippen LogP contribution in [0.2, 0.25) is 0 Å². The third kappa shape index (κ3) is 496. The zero-order valence-corrected chi connectivity index (χ0v) is 25.8. The monoisotopic (exact) mass is 528 g/mol. The molecule has 0 aliphatic rings. The van der Waals surface area contributed by atoms with Gasteiger partial charge in [-0.1, -0.05) is 0 Å². The molecule has 0 amide bonds. The Kier molecular flexibility index (Phi) is 2820. The van der Waals surface area contributed by atoms with Crippen LogP contribution in [0, 0.1) is 71.0 Å². The SMILES string of the molecule is [C-]#N.[C-]#N.[C-]#N.[C-]#N.[C-]#N.[C-]#N.[Co+2].[Cs+].[Fe+2].[K+].[Rb+]. The summed E-state index contributed by atoms with van der Waals surface area (Å²) in [5.41, 5.74) is 0. The van der Waals surface area contributed by atoms with Crippen molar-refractivity contribution < 1.29 is 212 Å². The summed E-state index contributed by atoms with van der Waals surface area (Å²) in [6.07, 6.45) is 0. The fraction of sp³-hybridized carbons (Fsp3) is 0. The predicted octanol–water partition coefficient (Wildman–Crippen LogP) is -8.41. The largest absolute Gasteiger partial charge is 2.00 e. The van der Waals surface area contributed by atoms with E-state index in [1.54, 1.807) is 0 Å². The summed E-state index contributed by atoms with van der Waals surface area (Å²) in [6, 6.07) is 0.